The number of hydrogen-bond acceptors (Lipinski definition) is 4. The largest absolute Gasteiger partial charge is 0.394 e. The highest BCUT2D eigenvalue weighted by Gasteiger charge is 2.27. The predicted octanol–water partition coefficient (Wildman–Crippen LogP) is 2.09. The number of hydrogen-bond donors (Lipinski definition) is 1. The molecule has 0 spiro atoms. The van der Waals surface area contributed by atoms with Crippen LogP contribution in [0.15, 0.2) is 53.5 Å². The van der Waals surface area contributed by atoms with Gasteiger partial charge < -0.3 is 5.11 Å². The number of nitrogens with zero attached hydrogens (tertiary/aromatic N) is 3. The molecule has 0 bridgehead atoms. The second kappa shape index (κ2) is 6.43. The number of fused-ring (bicyclic) bond motifs is 2. The third kappa shape index (κ3) is 2.86. The molecule has 25 heavy (non-hydrogen) atoms. The highest BCUT2D eigenvalue weighted by Crippen LogP contribution is 2.30. The summed E-state index contributed by atoms with van der Waals surface area (Å²) in [7, 11) is 0. The van der Waals surface area contributed by atoms with E-state index < -0.39 is 0 Å². The number of aliphatic hydroxyl groups is 1. The highest BCUT2D eigenvalue weighted by atomic mass is 16.3. The Morgan fingerprint density at radius 1 is 1.24 bits per heavy atom. The molecule has 4 rings (SSSR count). The van der Waals surface area contributed by atoms with Crippen LogP contribution in [0.2, 0.25) is 0 Å². The fourth-order valence-electron chi connectivity index (χ4n) is 3.70. The molecule has 0 fully saturated rings. The molecule has 1 unspecified atom stereocenters. The van der Waals surface area contributed by atoms with E-state index in [9.17, 15) is 9.90 Å². The maximum absolute atomic E-state index is 12.4. The predicted molar refractivity (Wildman–Crippen MR) is 96.6 cm³/mol. The number of aryl methyl sites for hydroxylation is 1. The quantitative estimate of drug-likeness (QED) is 0.796. The molecule has 0 saturated carbocycles. The summed E-state index contributed by atoms with van der Waals surface area (Å²) < 4.78 is 1.58. The Balaban J connectivity index is 1.70. The fourth-order valence-corrected chi connectivity index (χ4v) is 3.70. The molecule has 3 heterocycles. The van der Waals surface area contributed by atoms with Gasteiger partial charge in [-0.15, -0.1) is 0 Å². The molecular formula is C20H21N3O2. The van der Waals surface area contributed by atoms with Crippen LogP contribution in [0.1, 0.15) is 28.4 Å². The highest BCUT2D eigenvalue weighted by molar-refractivity contribution is 5.46. The summed E-state index contributed by atoms with van der Waals surface area (Å²) in [6, 6.07) is 13.6. The van der Waals surface area contributed by atoms with Crippen molar-refractivity contribution in [3.8, 4) is 0 Å². The van der Waals surface area contributed by atoms with Crippen LogP contribution < -0.4 is 5.56 Å². The molecule has 0 saturated heterocycles. The maximum atomic E-state index is 12.4. The number of pyridine rings is 1. The summed E-state index contributed by atoms with van der Waals surface area (Å²) in [6.07, 6.45) is 2.69. The average Bonchev–Trinajstić information content (AvgIpc) is 2.62. The van der Waals surface area contributed by atoms with Crippen LogP contribution in [0, 0.1) is 6.92 Å². The van der Waals surface area contributed by atoms with Gasteiger partial charge in [-0.2, -0.15) is 0 Å². The first kappa shape index (κ1) is 16.0. The number of rotatable bonds is 3. The Kier molecular flexibility index (Phi) is 4.11. The van der Waals surface area contributed by atoms with Crippen LogP contribution in [-0.2, 0) is 13.0 Å². The van der Waals surface area contributed by atoms with E-state index in [-0.39, 0.29) is 18.2 Å². The first-order valence-electron chi connectivity index (χ1n) is 8.58. The van der Waals surface area contributed by atoms with Crippen LogP contribution in [0.4, 0.5) is 0 Å². The molecule has 1 atom stereocenters. The topological polar surface area (TPSA) is 57.8 Å². The molecule has 1 aromatic carbocycles. The summed E-state index contributed by atoms with van der Waals surface area (Å²) >= 11 is 0. The van der Waals surface area contributed by atoms with Gasteiger partial charge in [0.1, 0.15) is 5.65 Å². The van der Waals surface area contributed by atoms with Crippen molar-refractivity contribution < 1.29 is 5.11 Å². The van der Waals surface area contributed by atoms with Crippen molar-refractivity contribution in [3.05, 3.63) is 81.4 Å². The van der Waals surface area contributed by atoms with Crippen LogP contribution in [0.25, 0.3) is 5.65 Å². The van der Waals surface area contributed by atoms with E-state index in [4.69, 9.17) is 4.98 Å². The minimum atomic E-state index is -0.0679. The van der Waals surface area contributed by atoms with Crippen LogP contribution in [0.3, 0.4) is 0 Å². The number of benzene rings is 1. The maximum Gasteiger partial charge on any atom is 0.258 e. The van der Waals surface area contributed by atoms with Gasteiger partial charge >= 0.3 is 0 Å². The van der Waals surface area contributed by atoms with Crippen molar-refractivity contribution in [3.63, 3.8) is 0 Å². The minimum absolute atomic E-state index is 0.0536. The lowest BCUT2D eigenvalue weighted by Gasteiger charge is -2.36. The number of aliphatic hydroxyl groups excluding tert-OH is 1. The Morgan fingerprint density at radius 3 is 2.92 bits per heavy atom. The average molecular weight is 335 g/mol. The molecule has 5 heteroatoms. The summed E-state index contributed by atoms with van der Waals surface area (Å²) in [4.78, 5) is 19.3. The lowest BCUT2D eigenvalue weighted by atomic mass is 9.93. The molecular weight excluding hydrogens is 314 g/mol. The van der Waals surface area contributed by atoms with E-state index in [1.54, 1.807) is 16.7 Å². The van der Waals surface area contributed by atoms with Gasteiger partial charge in [0.2, 0.25) is 0 Å². The normalized spacial score (nSPS) is 17.6. The zero-order valence-electron chi connectivity index (χ0n) is 14.2. The summed E-state index contributed by atoms with van der Waals surface area (Å²) in [6.45, 7) is 3.42. The van der Waals surface area contributed by atoms with Gasteiger partial charge in [0.25, 0.3) is 5.56 Å². The van der Waals surface area contributed by atoms with E-state index in [2.05, 4.69) is 17.0 Å². The van der Waals surface area contributed by atoms with Gasteiger partial charge in [0, 0.05) is 25.4 Å². The van der Waals surface area contributed by atoms with Gasteiger partial charge in [0.05, 0.1) is 18.3 Å². The lowest BCUT2D eigenvalue weighted by Crippen LogP contribution is -2.37. The van der Waals surface area contributed by atoms with Crippen LogP contribution in [-0.4, -0.2) is 32.5 Å². The SMILES string of the molecule is Cc1cccn2c(=O)cc(CN3CCc4ccccc4C3CO)nc12. The molecule has 0 radical (unpaired) electrons. The zero-order chi connectivity index (χ0) is 17.4. The molecule has 0 aliphatic carbocycles. The molecule has 1 aliphatic heterocycles. The molecule has 128 valence electrons. The molecule has 0 amide bonds. The smallest absolute Gasteiger partial charge is 0.258 e. The molecule has 1 N–H and O–H groups in total. The van der Waals surface area contributed by atoms with Crippen molar-refractivity contribution in [1.82, 2.24) is 14.3 Å². The van der Waals surface area contributed by atoms with Crippen molar-refractivity contribution in [2.24, 2.45) is 0 Å². The molecule has 1 aliphatic rings. The lowest BCUT2D eigenvalue weighted by molar-refractivity contribution is 0.107. The van der Waals surface area contributed by atoms with Gasteiger partial charge in [-0.25, -0.2) is 4.98 Å². The molecule has 3 aromatic rings. The Labute approximate surface area is 146 Å². The van der Waals surface area contributed by atoms with E-state index in [0.717, 1.165) is 24.2 Å². The van der Waals surface area contributed by atoms with E-state index >= 15 is 0 Å². The molecule has 5 nitrogen and oxygen atoms in total. The first-order valence-corrected chi connectivity index (χ1v) is 8.58. The van der Waals surface area contributed by atoms with Gasteiger partial charge in [-0.1, -0.05) is 30.3 Å². The van der Waals surface area contributed by atoms with Crippen molar-refractivity contribution in [2.75, 3.05) is 13.2 Å². The second-order valence-corrected chi connectivity index (χ2v) is 6.59. The van der Waals surface area contributed by atoms with Crippen LogP contribution in [0.5, 0.6) is 0 Å². The third-order valence-electron chi connectivity index (χ3n) is 5.00. The van der Waals surface area contributed by atoms with Gasteiger partial charge in [0.15, 0.2) is 0 Å². The van der Waals surface area contributed by atoms with Crippen LogP contribution >= 0.6 is 0 Å². The summed E-state index contributed by atoms with van der Waals surface area (Å²) in [5, 5.41) is 9.93. The first-order chi connectivity index (χ1) is 12.2. The van der Waals surface area contributed by atoms with Crippen molar-refractivity contribution >= 4 is 5.65 Å². The van der Waals surface area contributed by atoms with Gasteiger partial charge in [-0.3, -0.25) is 14.1 Å². The van der Waals surface area contributed by atoms with Crippen molar-refractivity contribution in [2.45, 2.75) is 25.9 Å². The standard InChI is InChI=1S/C20H21N3O2/c1-14-5-4-9-23-19(25)11-16(21-20(14)23)12-22-10-8-15-6-2-3-7-17(15)18(22)13-24/h2-7,9,11,18,24H,8,10,12-13H2,1H3. The van der Waals surface area contributed by atoms with Gasteiger partial charge in [-0.05, 0) is 36.1 Å². The third-order valence-corrected chi connectivity index (χ3v) is 5.00. The zero-order valence-corrected chi connectivity index (χ0v) is 14.2. The van der Waals surface area contributed by atoms with E-state index in [0.29, 0.717) is 12.2 Å². The minimum Gasteiger partial charge on any atom is -0.394 e. The van der Waals surface area contributed by atoms with Crippen molar-refractivity contribution in [1.29, 1.82) is 0 Å². The Morgan fingerprint density at radius 2 is 2.08 bits per heavy atom. The molecule has 2 aromatic heterocycles. The monoisotopic (exact) mass is 335 g/mol. The Bertz CT molecular complexity index is 980. The summed E-state index contributed by atoms with van der Waals surface area (Å²) in [5.41, 5.74) is 4.82. The second-order valence-electron chi connectivity index (χ2n) is 6.59. The van der Waals surface area contributed by atoms with E-state index in [1.165, 1.54) is 11.1 Å². The van der Waals surface area contributed by atoms with E-state index in [1.807, 2.05) is 31.2 Å². The Hall–Kier alpha value is -2.50. The fraction of sp³-hybridized carbons (Fsp3) is 0.300. The summed E-state index contributed by atoms with van der Waals surface area (Å²) in [5.74, 6) is 0. The number of aromatic nitrogens is 2.